The van der Waals surface area contributed by atoms with Crippen LogP contribution in [0.25, 0.3) is 0 Å². The van der Waals surface area contributed by atoms with Crippen LogP contribution < -0.4 is 5.73 Å². The van der Waals surface area contributed by atoms with E-state index in [0.29, 0.717) is 6.42 Å². The number of likely N-dealkylation sites (N-methyl/N-ethyl adjacent to an activating group) is 1. The van der Waals surface area contributed by atoms with E-state index in [9.17, 15) is 9.90 Å². The van der Waals surface area contributed by atoms with Gasteiger partial charge in [0.05, 0.1) is 0 Å². The van der Waals surface area contributed by atoms with E-state index in [0.717, 1.165) is 38.8 Å². The number of aliphatic carboxylic acids is 1. The van der Waals surface area contributed by atoms with Crippen LogP contribution in [0.4, 0.5) is 0 Å². The zero-order chi connectivity index (χ0) is 15.3. The van der Waals surface area contributed by atoms with Crippen LogP contribution in [0.3, 0.4) is 0 Å². The second-order valence-corrected chi connectivity index (χ2v) is 6.26. The molecule has 0 aliphatic heterocycles. The Morgan fingerprint density at radius 1 is 1.38 bits per heavy atom. The number of carbonyl (C=O) groups is 1. The molecule has 4 nitrogen and oxygen atoms in total. The number of carboxylic acid groups (broad SMARTS) is 1. The monoisotopic (exact) mass is 290 g/mol. The smallest absolute Gasteiger partial charge is 0.323 e. The molecule has 1 aromatic carbocycles. The zero-order valence-corrected chi connectivity index (χ0v) is 12.8. The van der Waals surface area contributed by atoms with Gasteiger partial charge in [-0.25, -0.2) is 0 Å². The molecular weight excluding hydrogens is 264 g/mol. The molecule has 0 radical (unpaired) electrons. The molecule has 0 spiro atoms. The average Bonchev–Trinajstić information content (AvgIpc) is 2.86. The van der Waals surface area contributed by atoms with Crippen LogP contribution in [0.15, 0.2) is 30.3 Å². The van der Waals surface area contributed by atoms with Crippen LogP contribution in [0.5, 0.6) is 0 Å². The lowest BCUT2D eigenvalue weighted by atomic mass is 9.85. The summed E-state index contributed by atoms with van der Waals surface area (Å²) in [4.78, 5) is 13.6. The first-order valence-electron chi connectivity index (χ1n) is 7.77. The topological polar surface area (TPSA) is 66.6 Å². The number of nitrogens with two attached hydrogens (primary N) is 1. The van der Waals surface area contributed by atoms with Crippen molar-refractivity contribution in [1.29, 1.82) is 0 Å². The highest BCUT2D eigenvalue weighted by Crippen LogP contribution is 2.36. The van der Waals surface area contributed by atoms with Gasteiger partial charge in [0.25, 0.3) is 0 Å². The number of nitrogens with zero attached hydrogens (tertiary/aromatic N) is 1. The molecule has 0 aromatic heterocycles. The van der Waals surface area contributed by atoms with Gasteiger partial charge in [-0.1, -0.05) is 36.8 Å². The molecule has 0 saturated heterocycles. The number of hydrogen-bond donors (Lipinski definition) is 2. The maximum Gasteiger partial charge on any atom is 0.323 e. The Balaban J connectivity index is 1.76. The molecule has 1 aliphatic rings. The Morgan fingerprint density at radius 3 is 2.76 bits per heavy atom. The lowest BCUT2D eigenvalue weighted by molar-refractivity contribution is -0.144. The van der Waals surface area contributed by atoms with Gasteiger partial charge in [-0.15, -0.1) is 0 Å². The highest BCUT2D eigenvalue weighted by molar-refractivity contribution is 5.79. The molecule has 4 heteroatoms. The van der Waals surface area contributed by atoms with Crippen molar-refractivity contribution in [2.24, 2.45) is 11.7 Å². The summed E-state index contributed by atoms with van der Waals surface area (Å²) in [6, 6.07) is 10.4. The fraction of sp³-hybridized carbons (Fsp3) is 0.588. The van der Waals surface area contributed by atoms with Crippen molar-refractivity contribution in [3.8, 4) is 0 Å². The highest BCUT2D eigenvalue weighted by atomic mass is 16.4. The molecule has 1 fully saturated rings. The first kappa shape index (κ1) is 16.0. The lowest BCUT2D eigenvalue weighted by Crippen LogP contribution is -2.51. The van der Waals surface area contributed by atoms with Gasteiger partial charge in [0, 0.05) is 6.54 Å². The Hall–Kier alpha value is -1.39. The molecule has 21 heavy (non-hydrogen) atoms. The molecule has 0 amide bonds. The summed E-state index contributed by atoms with van der Waals surface area (Å²) < 4.78 is 0. The number of hydrogen-bond acceptors (Lipinski definition) is 3. The van der Waals surface area contributed by atoms with Crippen LogP contribution in [0.1, 0.15) is 31.2 Å². The maximum absolute atomic E-state index is 11.4. The molecule has 1 aromatic rings. The van der Waals surface area contributed by atoms with Crippen molar-refractivity contribution in [2.45, 2.75) is 37.6 Å². The molecule has 1 saturated carbocycles. The van der Waals surface area contributed by atoms with E-state index in [2.05, 4.69) is 36.2 Å². The summed E-state index contributed by atoms with van der Waals surface area (Å²) >= 11 is 0. The Bertz CT molecular complexity index is 463. The van der Waals surface area contributed by atoms with Gasteiger partial charge >= 0.3 is 5.97 Å². The first-order chi connectivity index (χ1) is 10.0. The van der Waals surface area contributed by atoms with Crippen molar-refractivity contribution < 1.29 is 9.90 Å². The minimum absolute atomic E-state index is 0.106. The molecule has 1 aliphatic carbocycles. The number of benzene rings is 1. The van der Waals surface area contributed by atoms with Crippen LogP contribution in [0, 0.1) is 5.92 Å². The number of rotatable bonds is 7. The van der Waals surface area contributed by atoms with E-state index in [1.54, 1.807) is 0 Å². The molecule has 0 heterocycles. The minimum Gasteiger partial charge on any atom is -0.480 e. The van der Waals surface area contributed by atoms with Gasteiger partial charge in [0.2, 0.25) is 0 Å². The minimum atomic E-state index is -1.000. The van der Waals surface area contributed by atoms with E-state index >= 15 is 0 Å². The van der Waals surface area contributed by atoms with Gasteiger partial charge in [-0.2, -0.15) is 0 Å². The van der Waals surface area contributed by atoms with Gasteiger partial charge in [0.1, 0.15) is 5.54 Å². The summed E-state index contributed by atoms with van der Waals surface area (Å²) in [5.74, 6) is -0.730. The zero-order valence-electron chi connectivity index (χ0n) is 12.8. The summed E-state index contributed by atoms with van der Waals surface area (Å²) in [6.07, 6.45) is 4.38. The largest absolute Gasteiger partial charge is 0.480 e. The van der Waals surface area contributed by atoms with E-state index in [4.69, 9.17) is 5.73 Å². The SMILES string of the molecule is CN(CCc1ccccc1)CCC1CCCC1(N)C(=O)O. The molecule has 0 bridgehead atoms. The highest BCUT2D eigenvalue weighted by Gasteiger charge is 2.45. The second kappa shape index (κ2) is 7.05. The van der Waals surface area contributed by atoms with Crippen molar-refractivity contribution in [1.82, 2.24) is 4.90 Å². The quantitative estimate of drug-likeness (QED) is 0.807. The summed E-state index contributed by atoms with van der Waals surface area (Å²) in [7, 11) is 2.09. The van der Waals surface area contributed by atoms with Crippen molar-refractivity contribution >= 4 is 5.97 Å². The van der Waals surface area contributed by atoms with Gasteiger partial charge in [0.15, 0.2) is 0 Å². The standard InChI is InChI=1S/C17H26N2O2/c1-19(12-9-14-6-3-2-4-7-14)13-10-15-8-5-11-17(15,18)16(20)21/h2-4,6-7,15H,5,8-13,18H2,1H3,(H,20,21). The summed E-state index contributed by atoms with van der Waals surface area (Å²) in [6.45, 7) is 1.89. The van der Waals surface area contributed by atoms with Crippen molar-refractivity contribution in [3.05, 3.63) is 35.9 Å². The summed E-state index contributed by atoms with van der Waals surface area (Å²) in [5, 5.41) is 9.32. The Kier molecular flexibility index (Phi) is 5.37. The summed E-state index contributed by atoms with van der Waals surface area (Å²) in [5.41, 5.74) is 6.42. The first-order valence-corrected chi connectivity index (χ1v) is 7.77. The van der Waals surface area contributed by atoms with Gasteiger partial charge < -0.3 is 15.7 Å². The molecule has 2 unspecified atom stereocenters. The number of carboxylic acids is 1. The molecule has 2 atom stereocenters. The fourth-order valence-electron chi connectivity index (χ4n) is 3.24. The molecule has 116 valence electrons. The van der Waals surface area contributed by atoms with Crippen LogP contribution >= 0.6 is 0 Å². The van der Waals surface area contributed by atoms with Gasteiger partial charge in [-0.05, 0) is 50.8 Å². The fourth-order valence-corrected chi connectivity index (χ4v) is 3.24. The second-order valence-electron chi connectivity index (χ2n) is 6.26. The van der Waals surface area contributed by atoms with Crippen molar-refractivity contribution in [2.75, 3.05) is 20.1 Å². The Labute approximate surface area is 126 Å². The third kappa shape index (κ3) is 4.05. The van der Waals surface area contributed by atoms with Crippen LogP contribution in [-0.2, 0) is 11.2 Å². The average molecular weight is 290 g/mol. The Morgan fingerprint density at radius 2 is 2.10 bits per heavy atom. The van der Waals surface area contributed by atoms with Crippen LogP contribution in [-0.4, -0.2) is 41.7 Å². The van der Waals surface area contributed by atoms with Crippen LogP contribution in [0.2, 0.25) is 0 Å². The predicted octanol–water partition coefficient (Wildman–Crippen LogP) is 2.13. The van der Waals surface area contributed by atoms with E-state index in [-0.39, 0.29) is 5.92 Å². The third-order valence-electron chi connectivity index (χ3n) is 4.75. The van der Waals surface area contributed by atoms with E-state index < -0.39 is 11.5 Å². The lowest BCUT2D eigenvalue weighted by Gasteiger charge is -2.28. The normalized spacial score (nSPS) is 25.4. The van der Waals surface area contributed by atoms with E-state index in [1.165, 1.54) is 5.56 Å². The van der Waals surface area contributed by atoms with Gasteiger partial charge in [-0.3, -0.25) is 4.79 Å². The predicted molar refractivity (Wildman–Crippen MR) is 84.2 cm³/mol. The molecular formula is C17H26N2O2. The molecule has 3 N–H and O–H groups in total. The van der Waals surface area contributed by atoms with E-state index in [1.807, 2.05) is 6.07 Å². The maximum atomic E-state index is 11.4. The molecule has 2 rings (SSSR count). The third-order valence-corrected chi connectivity index (χ3v) is 4.75. The van der Waals surface area contributed by atoms with Crippen molar-refractivity contribution in [3.63, 3.8) is 0 Å².